The van der Waals surface area contributed by atoms with E-state index in [0.29, 0.717) is 19.5 Å². The molecule has 1 aromatic carbocycles. The van der Waals surface area contributed by atoms with Crippen LogP contribution in [0.2, 0.25) is 0 Å². The van der Waals surface area contributed by atoms with Crippen molar-refractivity contribution in [2.24, 2.45) is 0 Å². The molecule has 168 valence electrons. The number of H-pyrrole nitrogens is 1. The third kappa shape index (κ3) is 4.64. The molecule has 1 saturated heterocycles. The van der Waals surface area contributed by atoms with Crippen LogP contribution in [0.25, 0.3) is 11.0 Å². The van der Waals surface area contributed by atoms with Gasteiger partial charge < -0.3 is 15.0 Å². The van der Waals surface area contributed by atoms with Crippen LogP contribution in [0.15, 0.2) is 60.8 Å². The number of nitrogens with one attached hydrogen (secondary N) is 2. The highest BCUT2D eigenvalue weighted by molar-refractivity contribution is 5.87. The molecule has 1 unspecified atom stereocenters. The third-order valence-electron chi connectivity index (χ3n) is 6.06. The van der Waals surface area contributed by atoms with Gasteiger partial charge in [-0.3, -0.25) is 14.9 Å². The SMILES string of the molecule is COc1cccc(CC(=O)N2CCC(c3ccc4c(NCc5ccccn5)n[nH]c4n3)C2)c1. The highest BCUT2D eigenvalue weighted by atomic mass is 16.5. The van der Waals surface area contributed by atoms with Crippen molar-refractivity contribution in [2.45, 2.75) is 25.3 Å². The maximum absolute atomic E-state index is 12.8. The van der Waals surface area contributed by atoms with E-state index in [2.05, 4.69) is 20.5 Å². The summed E-state index contributed by atoms with van der Waals surface area (Å²) in [6.45, 7) is 2.02. The van der Waals surface area contributed by atoms with Crippen molar-refractivity contribution in [1.29, 1.82) is 0 Å². The van der Waals surface area contributed by atoms with Gasteiger partial charge in [0.25, 0.3) is 0 Å². The van der Waals surface area contributed by atoms with Gasteiger partial charge in [-0.25, -0.2) is 4.98 Å². The smallest absolute Gasteiger partial charge is 0.227 e. The second kappa shape index (κ2) is 9.28. The van der Waals surface area contributed by atoms with Crippen molar-refractivity contribution in [3.63, 3.8) is 0 Å². The average Bonchev–Trinajstić information content (AvgIpc) is 3.51. The molecule has 8 nitrogen and oxygen atoms in total. The Hall–Kier alpha value is -3.94. The van der Waals surface area contributed by atoms with Crippen molar-refractivity contribution in [3.05, 3.63) is 77.7 Å². The first-order valence-electron chi connectivity index (χ1n) is 11.1. The van der Waals surface area contributed by atoms with Gasteiger partial charge in [-0.15, -0.1) is 0 Å². The lowest BCUT2D eigenvalue weighted by atomic mass is 10.0. The number of amides is 1. The number of aromatic nitrogens is 4. The molecule has 8 heteroatoms. The minimum atomic E-state index is 0.134. The van der Waals surface area contributed by atoms with E-state index in [1.54, 1.807) is 13.3 Å². The number of benzene rings is 1. The number of carbonyl (C=O) groups is 1. The standard InChI is InChI=1S/C25H26N6O2/c1-33-20-7-4-5-17(13-20)14-23(32)31-12-10-18(16-31)22-9-8-21-24(29-30-25(21)28-22)27-15-19-6-2-3-11-26-19/h2-9,11,13,18H,10,12,14-16H2,1H3,(H2,27,28,29,30). The Labute approximate surface area is 192 Å². The fourth-order valence-electron chi connectivity index (χ4n) is 4.26. The molecular weight excluding hydrogens is 416 g/mol. The van der Waals surface area contributed by atoms with Gasteiger partial charge in [-0.05, 0) is 48.4 Å². The van der Waals surface area contributed by atoms with Gasteiger partial charge in [0.05, 0.1) is 31.2 Å². The number of hydrogen-bond donors (Lipinski definition) is 2. The van der Waals surface area contributed by atoms with Gasteiger partial charge in [0, 0.05) is 30.9 Å². The van der Waals surface area contributed by atoms with Crippen molar-refractivity contribution in [1.82, 2.24) is 25.1 Å². The van der Waals surface area contributed by atoms with Crippen molar-refractivity contribution < 1.29 is 9.53 Å². The van der Waals surface area contributed by atoms with E-state index in [1.165, 1.54) is 0 Å². The van der Waals surface area contributed by atoms with E-state index in [1.807, 2.05) is 59.5 Å². The van der Waals surface area contributed by atoms with E-state index in [4.69, 9.17) is 9.72 Å². The monoisotopic (exact) mass is 442 g/mol. The predicted octanol–water partition coefficient (Wildman–Crippen LogP) is 3.53. The number of methoxy groups -OCH3 is 1. The first-order chi connectivity index (χ1) is 16.2. The molecule has 2 N–H and O–H groups in total. The largest absolute Gasteiger partial charge is 0.497 e. The van der Waals surface area contributed by atoms with Crippen molar-refractivity contribution >= 4 is 22.8 Å². The lowest BCUT2D eigenvalue weighted by Crippen LogP contribution is -2.29. The Balaban J connectivity index is 1.23. The number of ether oxygens (including phenoxy) is 1. The Morgan fingerprint density at radius 3 is 3.00 bits per heavy atom. The minimum absolute atomic E-state index is 0.134. The molecule has 1 fully saturated rings. The van der Waals surface area contributed by atoms with E-state index in [-0.39, 0.29) is 11.8 Å². The lowest BCUT2D eigenvalue weighted by molar-refractivity contribution is -0.129. The third-order valence-corrected chi connectivity index (χ3v) is 6.06. The van der Waals surface area contributed by atoms with Crippen LogP contribution in [0.4, 0.5) is 5.82 Å². The second-order valence-electron chi connectivity index (χ2n) is 8.23. The number of nitrogens with zero attached hydrogens (tertiary/aromatic N) is 4. The zero-order valence-corrected chi connectivity index (χ0v) is 18.5. The highest BCUT2D eigenvalue weighted by Gasteiger charge is 2.28. The summed E-state index contributed by atoms with van der Waals surface area (Å²) in [4.78, 5) is 23.9. The number of pyridine rings is 2. The zero-order valence-electron chi connectivity index (χ0n) is 18.5. The molecule has 0 bridgehead atoms. The quantitative estimate of drug-likeness (QED) is 0.455. The van der Waals surface area contributed by atoms with E-state index in [0.717, 1.165) is 52.5 Å². The second-order valence-corrected chi connectivity index (χ2v) is 8.23. The van der Waals surface area contributed by atoms with Gasteiger partial charge in [0.2, 0.25) is 5.91 Å². The van der Waals surface area contributed by atoms with Gasteiger partial charge >= 0.3 is 0 Å². The summed E-state index contributed by atoms with van der Waals surface area (Å²) in [7, 11) is 1.63. The van der Waals surface area contributed by atoms with E-state index < -0.39 is 0 Å². The van der Waals surface area contributed by atoms with Gasteiger partial charge in [-0.2, -0.15) is 5.10 Å². The molecule has 1 amide bonds. The summed E-state index contributed by atoms with van der Waals surface area (Å²) in [6, 6.07) is 17.6. The lowest BCUT2D eigenvalue weighted by Gasteiger charge is -2.17. The zero-order chi connectivity index (χ0) is 22.6. The molecule has 33 heavy (non-hydrogen) atoms. The van der Waals surface area contributed by atoms with Crippen LogP contribution in [0.5, 0.6) is 5.75 Å². The fraction of sp³-hybridized carbons (Fsp3) is 0.280. The van der Waals surface area contributed by atoms with Crippen LogP contribution < -0.4 is 10.1 Å². The van der Waals surface area contributed by atoms with Crippen LogP contribution in [0.1, 0.15) is 29.3 Å². The molecule has 0 aliphatic carbocycles. The van der Waals surface area contributed by atoms with Crippen LogP contribution in [0.3, 0.4) is 0 Å². The van der Waals surface area contributed by atoms with E-state index >= 15 is 0 Å². The van der Waals surface area contributed by atoms with Gasteiger partial charge in [0.15, 0.2) is 11.5 Å². The van der Waals surface area contributed by atoms with Gasteiger partial charge in [-0.1, -0.05) is 18.2 Å². The molecule has 3 aromatic heterocycles. The Bertz CT molecular complexity index is 1260. The topological polar surface area (TPSA) is 96.0 Å². The highest BCUT2D eigenvalue weighted by Crippen LogP contribution is 2.29. The minimum Gasteiger partial charge on any atom is -0.497 e. The number of hydrogen-bond acceptors (Lipinski definition) is 6. The number of anilines is 1. The van der Waals surface area contributed by atoms with Crippen LogP contribution in [0, 0.1) is 0 Å². The molecule has 4 aromatic rings. The number of aromatic amines is 1. The first-order valence-corrected chi connectivity index (χ1v) is 11.1. The molecule has 0 radical (unpaired) electrons. The summed E-state index contributed by atoms with van der Waals surface area (Å²) >= 11 is 0. The maximum atomic E-state index is 12.8. The summed E-state index contributed by atoms with van der Waals surface area (Å²) < 4.78 is 5.26. The summed E-state index contributed by atoms with van der Waals surface area (Å²) in [5, 5.41) is 11.7. The number of rotatable bonds is 7. The predicted molar refractivity (Wildman–Crippen MR) is 126 cm³/mol. The molecule has 0 saturated carbocycles. The Kier molecular flexibility index (Phi) is 5.89. The Morgan fingerprint density at radius 2 is 2.15 bits per heavy atom. The maximum Gasteiger partial charge on any atom is 0.227 e. The van der Waals surface area contributed by atoms with Gasteiger partial charge in [0.1, 0.15) is 5.75 Å². The van der Waals surface area contributed by atoms with Crippen LogP contribution in [-0.4, -0.2) is 51.2 Å². The van der Waals surface area contributed by atoms with Crippen LogP contribution in [-0.2, 0) is 17.8 Å². The molecular formula is C25H26N6O2. The first kappa shape index (κ1) is 20.9. The van der Waals surface area contributed by atoms with Crippen LogP contribution >= 0.6 is 0 Å². The molecule has 0 spiro atoms. The number of fused-ring (bicyclic) bond motifs is 1. The molecule has 5 rings (SSSR count). The number of likely N-dealkylation sites (tertiary alicyclic amines) is 1. The van der Waals surface area contributed by atoms with E-state index in [9.17, 15) is 4.79 Å². The normalized spacial score (nSPS) is 15.7. The number of carbonyl (C=O) groups excluding carboxylic acids is 1. The molecule has 4 heterocycles. The summed E-state index contributed by atoms with van der Waals surface area (Å²) in [6.07, 6.45) is 3.06. The van der Waals surface area contributed by atoms with Crippen molar-refractivity contribution in [3.8, 4) is 5.75 Å². The average molecular weight is 443 g/mol. The summed E-state index contributed by atoms with van der Waals surface area (Å²) in [5.74, 6) is 1.88. The fourth-order valence-corrected chi connectivity index (χ4v) is 4.26. The molecule has 1 aliphatic heterocycles. The Morgan fingerprint density at radius 1 is 1.21 bits per heavy atom. The molecule has 1 aliphatic rings. The summed E-state index contributed by atoms with van der Waals surface area (Å²) in [5.41, 5.74) is 3.64. The van der Waals surface area contributed by atoms with Crippen molar-refractivity contribution in [2.75, 3.05) is 25.5 Å². The molecule has 1 atom stereocenters.